The van der Waals surface area contributed by atoms with E-state index in [1.165, 1.54) is 11.1 Å². The van der Waals surface area contributed by atoms with Crippen LogP contribution in [0.25, 0.3) is 15.5 Å². The van der Waals surface area contributed by atoms with Crippen molar-refractivity contribution in [2.24, 2.45) is 0 Å². The van der Waals surface area contributed by atoms with Crippen LogP contribution in [0.2, 0.25) is 0 Å². The minimum atomic E-state index is 0.510. The summed E-state index contributed by atoms with van der Waals surface area (Å²) in [6.07, 6.45) is 1.73. The molecule has 0 spiro atoms. The molecule has 0 saturated carbocycles. The van der Waals surface area contributed by atoms with Gasteiger partial charge in [0, 0.05) is 5.56 Å². The lowest BCUT2D eigenvalue weighted by atomic mass is 10.1. The Bertz CT molecular complexity index is 664. The number of nitrogens with two attached hydrogens (primary N) is 1. The van der Waals surface area contributed by atoms with Crippen molar-refractivity contribution < 1.29 is 0 Å². The van der Waals surface area contributed by atoms with E-state index in [2.05, 4.69) is 42.1 Å². The maximum absolute atomic E-state index is 5.60. The fourth-order valence-electron chi connectivity index (χ4n) is 1.71. The van der Waals surface area contributed by atoms with Gasteiger partial charge in [0.25, 0.3) is 0 Å². The number of hydrogen-bond donors (Lipinski definition) is 1. The average Bonchev–Trinajstić information content (AvgIpc) is 2.79. The molecule has 3 aromatic rings. The number of aryl methyl sites for hydroxylation is 2. The van der Waals surface area contributed by atoms with Crippen molar-refractivity contribution in [1.82, 2.24) is 14.6 Å². The van der Waals surface area contributed by atoms with Gasteiger partial charge in [0.15, 0.2) is 0 Å². The number of nitrogens with zero attached hydrogens (tertiary/aromatic N) is 3. The normalized spacial score (nSPS) is 11.2. The summed E-state index contributed by atoms with van der Waals surface area (Å²) in [4.78, 5) is 5.03. The summed E-state index contributed by atoms with van der Waals surface area (Å²) in [6.45, 7) is 4.21. The molecule has 0 aliphatic carbocycles. The van der Waals surface area contributed by atoms with Gasteiger partial charge in [0.1, 0.15) is 10.8 Å². The summed E-state index contributed by atoms with van der Waals surface area (Å²) in [6, 6.07) is 6.35. The topological polar surface area (TPSA) is 56.2 Å². The number of benzene rings is 1. The van der Waals surface area contributed by atoms with Gasteiger partial charge in [-0.05, 0) is 31.0 Å². The average molecular weight is 244 g/mol. The minimum Gasteiger partial charge on any atom is -0.382 e. The van der Waals surface area contributed by atoms with Crippen LogP contribution < -0.4 is 5.73 Å². The van der Waals surface area contributed by atoms with Gasteiger partial charge in [0.05, 0.1) is 6.20 Å². The van der Waals surface area contributed by atoms with E-state index in [-0.39, 0.29) is 0 Å². The monoisotopic (exact) mass is 244 g/mol. The first-order valence-corrected chi connectivity index (χ1v) is 6.14. The highest BCUT2D eigenvalue weighted by Crippen LogP contribution is 2.27. The second-order valence-corrected chi connectivity index (χ2v) is 5.06. The molecular weight excluding hydrogens is 232 g/mol. The van der Waals surface area contributed by atoms with Crippen molar-refractivity contribution in [3.05, 3.63) is 35.5 Å². The van der Waals surface area contributed by atoms with Crippen molar-refractivity contribution >= 4 is 22.1 Å². The maximum atomic E-state index is 5.60. The lowest BCUT2D eigenvalue weighted by molar-refractivity contribution is 0.978. The molecule has 2 N–H and O–H groups in total. The zero-order valence-corrected chi connectivity index (χ0v) is 10.5. The van der Waals surface area contributed by atoms with Crippen LogP contribution in [0.4, 0.5) is 5.82 Å². The molecule has 2 heterocycles. The molecule has 17 heavy (non-hydrogen) atoms. The van der Waals surface area contributed by atoms with Gasteiger partial charge in [0.2, 0.25) is 4.96 Å². The van der Waals surface area contributed by atoms with Gasteiger partial charge in [-0.1, -0.05) is 23.5 Å². The van der Waals surface area contributed by atoms with Crippen LogP contribution in [-0.4, -0.2) is 14.6 Å². The van der Waals surface area contributed by atoms with Gasteiger partial charge >= 0.3 is 0 Å². The molecule has 4 nitrogen and oxygen atoms in total. The summed E-state index contributed by atoms with van der Waals surface area (Å²) in [5.74, 6) is 0.510. The Labute approximate surface area is 103 Å². The van der Waals surface area contributed by atoms with Crippen molar-refractivity contribution in [2.45, 2.75) is 13.8 Å². The van der Waals surface area contributed by atoms with Gasteiger partial charge < -0.3 is 5.73 Å². The standard InChI is InChI=1S/C12H12N4S/c1-7-3-4-9(5-8(7)2)11-15-16-6-10(13)14-12(16)17-11/h3-6H,13H2,1-2H3. The van der Waals surface area contributed by atoms with Crippen LogP contribution in [0.5, 0.6) is 0 Å². The van der Waals surface area contributed by atoms with Crippen molar-refractivity contribution in [2.75, 3.05) is 5.73 Å². The molecule has 0 unspecified atom stereocenters. The molecule has 2 aromatic heterocycles. The summed E-state index contributed by atoms with van der Waals surface area (Å²) >= 11 is 1.55. The number of fused-ring (bicyclic) bond motifs is 1. The van der Waals surface area contributed by atoms with E-state index in [0.29, 0.717) is 5.82 Å². The van der Waals surface area contributed by atoms with Crippen LogP contribution in [-0.2, 0) is 0 Å². The fraction of sp³-hybridized carbons (Fsp3) is 0.167. The molecule has 86 valence electrons. The number of nitrogen functional groups attached to an aromatic ring is 1. The highest BCUT2D eigenvalue weighted by molar-refractivity contribution is 7.19. The quantitative estimate of drug-likeness (QED) is 0.716. The van der Waals surface area contributed by atoms with Crippen LogP contribution in [0.1, 0.15) is 11.1 Å². The largest absolute Gasteiger partial charge is 0.382 e. The first-order valence-electron chi connectivity index (χ1n) is 5.33. The minimum absolute atomic E-state index is 0.510. The first-order chi connectivity index (χ1) is 8.13. The van der Waals surface area contributed by atoms with Gasteiger partial charge in [-0.3, -0.25) is 0 Å². The predicted molar refractivity (Wildman–Crippen MR) is 70.2 cm³/mol. The van der Waals surface area contributed by atoms with Gasteiger partial charge in [-0.2, -0.15) is 5.10 Å². The van der Waals surface area contributed by atoms with Crippen LogP contribution in [0, 0.1) is 13.8 Å². The Morgan fingerprint density at radius 2 is 2.06 bits per heavy atom. The number of hydrogen-bond acceptors (Lipinski definition) is 4. The Morgan fingerprint density at radius 1 is 1.24 bits per heavy atom. The van der Waals surface area contributed by atoms with E-state index >= 15 is 0 Å². The smallest absolute Gasteiger partial charge is 0.214 e. The van der Waals surface area contributed by atoms with Crippen molar-refractivity contribution in [3.8, 4) is 10.6 Å². The van der Waals surface area contributed by atoms with Crippen molar-refractivity contribution in [3.63, 3.8) is 0 Å². The molecule has 3 rings (SSSR count). The Kier molecular flexibility index (Phi) is 2.16. The van der Waals surface area contributed by atoms with Gasteiger partial charge in [-0.15, -0.1) is 0 Å². The molecule has 0 saturated heterocycles. The second kappa shape index (κ2) is 3.56. The molecule has 0 fully saturated rings. The van der Waals surface area contributed by atoms with E-state index in [1.807, 2.05) is 0 Å². The molecule has 5 heteroatoms. The molecule has 0 aliphatic rings. The molecule has 0 bridgehead atoms. The van der Waals surface area contributed by atoms with Gasteiger partial charge in [-0.25, -0.2) is 9.50 Å². The fourth-order valence-corrected chi connectivity index (χ4v) is 2.59. The highest BCUT2D eigenvalue weighted by Gasteiger charge is 2.09. The third kappa shape index (κ3) is 1.68. The molecule has 0 aliphatic heterocycles. The Balaban J connectivity index is 2.13. The number of rotatable bonds is 1. The predicted octanol–water partition coefficient (Wildman–Crippen LogP) is 2.66. The Hall–Kier alpha value is -1.88. The molecule has 0 radical (unpaired) electrons. The zero-order valence-electron chi connectivity index (χ0n) is 9.64. The SMILES string of the molecule is Cc1ccc(-c2nn3cc(N)nc3s2)cc1C. The second-order valence-electron chi connectivity index (χ2n) is 4.10. The Morgan fingerprint density at radius 3 is 2.76 bits per heavy atom. The van der Waals surface area contributed by atoms with Crippen LogP contribution in [0.15, 0.2) is 24.4 Å². The lowest BCUT2D eigenvalue weighted by Crippen LogP contribution is -1.86. The van der Waals surface area contributed by atoms with Crippen LogP contribution >= 0.6 is 11.3 Å². The maximum Gasteiger partial charge on any atom is 0.214 e. The van der Waals surface area contributed by atoms with E-state index in [1.54, 1.807) is 22.0 Å². The number of aromatic nitrogens is 3. The van der Waals surface area contributed by atoms with Crippen molar-refractivity contribution in [1.29, 1.82) is 0 Å². The first kappa shape index (κ1) is 10.3. The molecule has 1 aromatic carbocycles. The van der Waals surface area contributed by atoms with E-state index in [4.69, 9.17) is 5.73 Å². The lowest BCUT2D eigenvalue weighted by Gasteiger charge is -2.01. The molecule has 0 amide bonds. The summed E-state index contributed by atoms with van der Waals surface area (Å²) in [5.41, 5.74) is 9.29. The molecule has 0 atom stereocenters. The van der Waals surface area contributed by atoms with E-state index in [0.717, 1.165) is 15.5 Å². The van der Waals surface area contributed by atoms with E-state index < -0.39 is 0 Å². The highest BCUT2D eigenvalue weighted by atomic mass is 32.1. The summed E-state index contributed by atoms with van der Waals surface area (Å²) in [7, 11) is 0. The van der Waals surface area contributed by atoms with Crippen LogP contribution in [0.3, 0.4) is 0 Å². The zero-order chi connectivity index (χ0) is 12.0. The summed E-state index contributed by atoms with van der Waals surface area (Å²) < 4.78 is 1.73. The number of imidazole rings is 1. The summed E-state index contributed by atoms with van der Waals surface area (Å²) in [5, 5.41) is 5.44. The third-order valence-electron chi connectivity index (χ3n) is 2.82. The molecular formula is C12H12N4S. The third-order valence-corrected chi connectivity index (χ3v) is 3.79. The number of anilines is 1. The van der Waals surface area contributed by atoms with E-state index in [9.17, 15) is 0 Å².